The second-order valence-electron chi connectivity index (χ2n) is 8.66. The van der Waals surface area contributed by atoms with Crippen LogP contribution in [0.1, 0.15) is 43.2 Å². The van der Waals surface area contributed by atoms with Gasteiger partial charge in [0, 0.05) is 44.5 Å². The normalized spacial score (nSPS) is 18.0. The van der Waals surface area contributed by atoms with E-state index in [1.54, 1.807) is 0 Å². The number of hydrogen-bond acceptors (Lipinski definition) is 5. The standard InChI is InChI=1S/C22H25F6N3O5/c23-21(24,25)14-10-15(22(26,27)28)12-17(11-14)29-18(32)9-13-1-5-31(6-2-13)20(34)36-19(33)30-16-3-7-35-8-4-16/h10-13,16H,1-9H2,(H,29,32)(H,30,33). The number of nitrogens with zero attached hydrogens (tertiary/aromatic N) is 1. The number of halogens is 6. The molecule has 0 saturated carbocycles. The summed E-state index contributed by atoms with van der Waals surface area (Å²) in [5.74, 6) is -1.02. The van der Waals surface area contributed by atoms with Crippen LogP contribution in [0.25, 0.3) is 0 Å². The maximum absolute atomic E-state index is 13.0. The number of amides is 3. The number of hydrogen-bond donors (Lipinski definition) is 2. The number of anilines is 1. The van der Waals surface area contributed by atoms with Crippen LogP contribution in [0.4, 0.5) is 41.6 Å². The SMILES string of the molecule is O=C(CC1CCN(C(=O)OC(=O)NC2CCOCC2)CC1)Nc1cc(C(F)(F)F)cc(C(F)(F)F)c1. The Bertz CT molecular complexity index is 922. The maximum Gasteiger partial charge on any atom is 0.418 e. The van der Waals surface area contributed by atoms with Crippen molar-refractivity contribution >= 4 is 23.8 Å². The van der Waals surface area contributed by atoms with Gasteiger partial charge in [-0.2, -0.15) is 26.3 Å². The van der Waals surface area contributed by atoms with Gasteiger partial charge >= 0.3 is 24.5 Å². The Morgan fingerprint density at radius 2 is 1.47 bits per heavy atom. The third kappa shape index (κ3) is 8.00. The zero-order valence-corrected chi connectivity index (χ0v) is 19.0. The predicted octanol–water partition coefficient (Wildman–Crippen LogP) is 4.79. The molecular formula is C22H25F6N3O5. The molecule has 0 aromatic heterocycles. The molecule has 2 aliphatic rings. The summed E-state index contributed by atoms with van der Waals surface area (Å²) in [5.41, 5.74) is -3.67. The first-order valence-corrected chi connectivity index (χ1v) is 11.3. The van der Waals surface area contributed by atoms with E-state index in [-0.39, 0.29) is 37.5 Å². The second kappa shape index (κ2) is 11.4. The lowest BCUT2D eigenvalue weighted by atomic mass is 9.93. The molecule has 0 spiro atoms. The molecule has 8 nitrogen and oxygen atoms in total. The van der Waals surface area contributed by atoms with Crippen LogP contribution in [-0.4, -0.2) is 55.3 Å². The zero-order chi connectivity index (χ0) is 26.5. The number of alkyl carbamates (subject to hydrolysis) is 1. The Kier molecular flexibility index (Phi) is 8.69. The Morgan fingerprint density at radius 1 is 0.917 bits per heavy atom. The number of ether oxygens (including phenoxy) is 2. The molecule has 0 bridgehead atoms. The molecule has 2 fully saturated rings. The summed E-state index contributed by atoms with van der Waals surface area (Å²) >= 11 is 0. The van der Waals surface area contributed by atoms with E-state index >= 15 is 0 Å². The van der Waals surface area contributed by atoms with Gasteiger partial charge in [-0.15, -0.1) is 0 Å². The number of carbonyl (C=O) groups excluding carboxylic acids is 3. The predicted molar refractivity (Wildman–Crippen MR) is 113 cm³/mol. The van der Waals surface area contributed by atoms with Gasteiger partial charge in [0.25, 0.3) is 0 Å². The molecule has 0 radical (unpaired) electrons. The number of carbonyl (C=O) groups is 3. The molecule has 0 unspecified atom stereocenters. The molecule has 0 atom stereocenters. The van der Waals surface area contributed by atoms with Gasteiger partial charge in [-0.25, -0.2) is 9.59 Å². The van der Waals surface area contributed by atoms with Crippen molar-refractivity contribution in [2.45, 2.75) is 50.5 Å². The first-order chi connectivity index (χ1) is 16.8. The topological polar surface area (TPSA) is 97.0 Å². The number of rotatable bonds is 4. The minimum absolute atomic E-state index is 0.0195. The first kappa shape index (κ1) is 27.6. The third-order valence-corrected chi connectivity index (χ3v) is 5.94. The molecule has 14 heteroatoms. The molecule has 0 aliphatic carbocycles. The van der Waals surface area contributed by atoms with E-state index < -0.39 is 47.3 Å². The van der Waals surface area contributed by atoms with E-state index in [4.69, 9.17) is 9.47 Å². The highest BCUT2D eigenvalue weighted by molar-refractivity contribution is 5.91. The average molecular weight is 525 g/mol. The number of piperidine rings is 1. The summed E-state index contributed by atoms with van der Waals surface area (Å²) in [4.78, 5) is 37.7. The van der Waals surface area contributed by atoms with Crippen molar-refractivity contribution in [2.75, 3.05) is 31.6 Å². The van der Waals surface area contributed by atoms with Crippen molar-refractivity contribution < 1.29 is 50.2 Å². The lowest BCUT2D eigenvalue weighted by Gasteiger charge is -2.31. The molecule has 3 rings (SSSR count). The van der Waals surface area contributed by atoms with E-state index in [9.17, 15) is 40.7 Å². The molecule has 2 saturated heterocycles. The van der Waals surface area contributed by atoms with Crippen molar-refractivity contribution in [2.24, 2.45) is 5.92 Å². The summed E-state index contributed by atoms with van der Waals surface area (Å²) in [6.45, 7) is 1.33. The number of benzene rings is 1. The Morgan fingerprint density at radius 3 is 2.00 bits per heavy atom. The molecule has 2 aliphatic heterocycles. The van der Waals surface area contributed by atoms with Crippen LogP contribution in [-0.2, 0) is 26.6 Å². The van der Waals surface area contributed by atoms with E-state index in [2.05, 4.69) is 10.6 Å². The number of alkyl halides is 6. The quantitative estimate of drug-likeness (QED) is 0.435. The largest absolute Gasteiger partial charge is 0.418 e. The van der Waals surface area contributed by atoms with Gasteiger partial charge in [0.05, 0.1) is 11.1 Å². The third-order valence-electron chi connectivity index (χ3n) is 5.94. The van der Waals surface area contributed by atoms with E-state index in [0.717, 1.165) is 0 Å². The smallest absolute Gasteiger partial charge is 0.381 e. The summed E-state index contributed by atoms with van der Waals surface area (Å²) in [6.07, 6.45) is -10.0. The minimum atomic E-state index is -5.02. The highest BCUT2D eigenvalue weighted by Crippen LogP contribution is 2.37. The van der Waals surface area contributed by atoms with Gasteiger partial charge in [0.1, 0.15) is 0 Å². The fraction of sp³-hybridized carbons (Fsp3) is 0.591. The fourth-order valence-corrected chi connectivity index (χ4v) is 4.00. The van der Waals surface area contributed by atoms with E-state index in [1.165, 1.54) is 4.90 Å². The summed E-state index contributed by atoms with van der Waals surface area (Å²) < 4.78 is 87.9. The summed E-state index contributed by atoms with van der Waals surface area (Å²) in [5, 5.41) is 4.70. The minimum Gasteiger partial charge on any atom is -0.381 e. The lowest BCUT2D eigenvalue weighted by Crippen LogP contribution is -2.44. The van der Waals surface area contributed by atoms with Crippen molar-refractivity contribution in [3.63, 3.8) is 0 Å². The number of nitrogens with one attached hydrogen (secondary N) is 2. The van der Waals surface area contributed by atoms with Crippen LogP contribution in [0, 0.1) is 5.92 Å². The lowest BCUT2D eigenvalue weighted by molar-refractivity contribution is -0.143. The highest BCUT2D eigenvalue weighted by Gasteiger charge is 2.37. The van der Waals surface area contributed by atoms with Gasteiger partial charge in [-0.1, -0.05) is 0 Å². The van der Waals surface area contributed by atoms with Crippen molar-refractivity contribution in [1.82, 2.24) is 10.2 Å². The Hall–Kier alpha value is -3.03. The van der Waals surface area contributed by atoms with Crippen molar-refractivity contribution in [1.29, 1.82) is 0 Å². The molecule has 3 amide bonds. The molecular weight excluding hydrogens is 500 g/mol. The monoisotopic (exact) mass is 525 g/mol. The van der Waals surface area contributed by atoms with Crippen molar-refractivity contribution in [3.05, 3.63) is 29.3 Å². The fourth-order valence-electron chi connectivity index (χ4n) is 4.00. The summed E-state index contributed by atoms with van der Waals surface area (Å²) in [7, 11) is 0. The van der Waals surface area contributed by atoms with Crippen LogP contribution in [0.2, 0.25) is 0 Å². The first-order valence-electron chi connectivity index (χ1n) is 11.3. The van der Waals surface area contributed by atoms with Crippen LogP contribution >= 0.6 is 0 Å². The van der Waals surface area contributed by atoms with Crippen LogP contribution < -0.4 is 10.6 Å². The maximum atomic E-state index is 13.0. The van der Waals surface area contributed by atoms with Gasteiger partial charge in [0.15, 0.2) is 0 Å². The van der Waals surface area contributed by atoms with Gasteiger partial charge in [0.2, 0.25) is 5.91 Å². The molecule has 1 aromatic rings. The molecule has 200 valence electrons. The Labute approximate surface area is 202 Å². The Balaban J connectivity index is 1.48. The van der Waals surface area contributed by atoms with Crippen LogP contribution in [0.3, 0.4) is 0 Å². The molecule has 2 N–H and O–H groups in total. The van der Waals surface area contributed by atoms with Gasteiger partial charge in [-0.05, 0) is 49.8 Å². The average Bonchev–Trinajstić information content (AvgIpc) is 2.78. The second-order valence-corrected chi connectivity index (χ2v) is 8.66. The molecule has 1 aromatic carbocycles. The van der Waals surface area contributed by atoms with Crippen LogP contribution in [0.5, 0.6) is 0 Å². The zero-order valence-electron chi connectivity index (χ0n) is 19.0. The van der Waals surface area contributed by atoms with Gasteiger partial charge < -0.3 is 25.0 Å². The van der Waals surface area contributed by atoms with E-state index in [0.29, 0.717) is 51.0 Å². The van der Waals surface area contributed by atoms with Crippen LogP contribution in [0.15, 0.2) is 18.2 Å². The van der Waals surface area contributed by atoms with Crippen molar-refractivity contribution in [3.8, 4) is 0 Å². The van der Waals surface area contributed by atoms with E-state index in [1.807, 2.05) is 0 Å². The summed E-state index contributed by atoms with van der Waals surface area (Å²) in [6, 6.07) is 0.718. The molecule has 36 heavy (non-hydrogen) atoms. The number of likely N-dealkylation sites (tertiary alicyclic amines) is 1. The highest BCUT2D eigenvalue weighted by atomic mass is 19.4. The van der Waals surface area contributed by atoms with Gasteiger partial charge in [-0.3, -0.25) is 4.79 Å². The molecule has 2 heterocycles.